The molecule has 0 aliphatic carbocycles. The van der Waals surface area contributed by atoms with Gasteiger partial charge in [-0.1, -0.05) is 34.1 Å². The SMILES string of the molecule is Cc1cc(C)c(C)c(OCC(=O)N(Cc2cccc(Br)c2)[C@H](C)C(=O)NC(C)(C)C)c1. The zero-order valence-corrected chi connectivity index (χ0v) is 21.1. The Labute approximate surface area is 194 Å². The summed E-state index contributed by atoms with van der Waals surface area (Å²) in [7, 11) is 0. The molecule has 0 heterocycles. The molecule has 0 saturated carbocycles. The summed E-state index contributed by atoms with van der Waals surface area (Å²) in [5, 5.41) is 2.97. The van der Waals surface area contributed by atoms with Crippen LogP contribution < -0.4 is 10.1 Å². The molecule has 0 spiro atoms. The third-order valence-electron chi connectivity index (χ3n) is 5.02. The number of halogens is 1. The van der Waals surface area contributed by atoms with E-state index >= 15 is 0 Å². The Morgan fingerprint density at radius 1 is 1.13 bits per heavy atom. The van der Waals surface area contributed by atoms with E-state index in [2.05, 4.69) is 27.3 Å². The normalized spacial score (nSPS) is 12.3. The van der Waals surface area contributed by atoms with E-state index in [0.29, 0.717) is 12.3 Å². The number of amides is 2. The van der Waals surface area contributed by atoms with Crippen molar-refractivity contribution in [3.63, 3.8) is 0 Å². The van der Waals surface area contributed by atoms with Crippen molar-refractivity contribution in [2.45, 2.75) is 66.6 Å². The van der Waals surface area contributed by atoms with Gasteiger partial charge in [0.05, 0.1) is 0 Å². The second-order valence-corrected chi connectivity index (χ2v) is 9.98. The van der Waals surface area contributed by atoms with Crippen LogP contribution in [0.4, 0.5) is 0 Å². The third kappa shape index (κ3) is 7.39. The Morgan fingerprint density at radius 2 is 1.81 bits per heavy atom. The first-order valence-corrected chi connectivity index (χ1v) is 11.2. The van der Waals surface area contributed by atoms with Crippen LogP contribution in [0, 0.1) is 20.8 Å². The molecule has 6 heteroatoms. The Hall–Kier alpha value is -2.34. The monoisotopic (exact) mass is 488 g/mol. The average Bonchev–Trinajstić information content (AvgIpc) is 2.65. The van der Waals surface area contributed by atoms with Gasteiger partial charge in [-0.05, 0) is 88.9 Å². The highest BCUT2D eigenvalue weighted by molar-refractivity contribution is 9.10. The molecule has 0 aromatic heterocycles. The first-order chi connectivity index (χ1) is 14.4. The minimum atomic E-state index is -0.644. The van der Waals surface area contributed by atoms with Crippen molar-refractivity contribution < 1.29 is 14.3 Å². The van der Waals surface area contributed by atoms with E-state index in [9.17, 15) is 9.59 Å². The van der Waals surface area contributed by atoms with Crippen LogP contribution in [0.25, 0.3) is 0 Å². The second-order valence-electron chi connectivity index (χ2n) is 9.06. The molecule has 0 fully saturated rings. The number of benzene rings is 2. The predicted molar refractivity (Wildman–Crippen MR) is 128 cm³/mol. The van der Waals surface area contributed by atoms with Gasteiger partial charge in [0.25, 0.3) is 5.91 Å². The zero-order valence-electron chi connectivity index (χ0n) is 19.5. The summed E-state index contributed by atoms with van der Waals surface area (Å²) in [6, 6.07) is 11.1. The maximum atomic E-state index is 13.2. The topological polar surface area (TPSA) is 58.6 Å². The molecule has 0 radical (unpaired) electrons. The lowest BCUT2D eigenvalue weighted by atomic mass is 10.1. The highest BCUT2D eigenvalue weighted by Crippen LogP contribution is 2.23. The van der Waals surface area contributed by atoms with E-state index in [-0.39, 0.29) is 24.0 Å². The van der Waals surface area contributed by atoms with Gasteiger partial charge < -0.3 is 15.0 Å². The molecule has 0 unspecified atom stereocenters. The quantitative estimate of drug-likeness (QED) is 0.590. The fourth-order valence-corrected chi connectivity index (χ4v) is 3.71. The van der Waals surface area contributed by atoms with Gasteiger partial charge in [0.1, 0.15) is 11.8 Å². The molecule has 168 valence electrons. The van der Waals surface area contributed by atoms with Gasteiger partial charge in [0.15, 0.2) is 6.61 Å². The van der Waals surface area contributed by atoms with Crippen molar-refractivity contribution in [1.29, 1.82) is 0 Å². The van der Waals surface area contributed by atoms with Gasteiger partial charge >= 0.3 is 0 Å². The fourth-order valence-electron chi connectivity index (χ4n) is 3.26. The molecule has 2 amide bonds. The number of rotatable bonds is 7. The number of aryl methyl sites for hydroxylation is 2. The molecule has 0 bridgehead atoms. The first kappa shape index (κ1) is 24.9. The van der Waals surface area contributed by atoms with Crippen molar-refractivity contribution in [3.8, 4) is 5.75 Å². The molecule has 5 nitrogen and oxygen atoms in total. The Kier molecular flexibility index (Phi) is 8.29. The van der Waals surface area contributed by atoms with Gasteiger partial charge in [0, 0.05) is 16.6 Å². The molecule has 1 atom stereocenters. The molecule has 31 heavy (non-hydrogen) atoms. The minimum Gasteiger partial charge on any atom is -0.483 e. The highest BCUT2D eigenvalue weighted by Gasteiger charge is 2.28. The van der Waals surface area contributed by atoms with E-state index in [1.54, 1.807) is 11.8 Å². The molecule has 2 aromatic rings. The van der Waals surface area contributed by atoms with E-state index in [4.69, 9.17) is 4.74 Å². The molecule has 0 aliphatic rings. The Balaban J connectivity index is 2.24. The van der Waals surface area contributed by atoms with Gasteiger partial charge in [-0.3, -0.25) is 9.59 Å². The van der Waals surface area contributed by atoms with Crippen LogP contribution in [0.2, 0.25) is 0 Å². The van der Waals surface area contributed by atoms with E-state index in [0.717, 1.165) is 26.7 Å². The number of nitrogens with one attached hydrogen (secondary N) is 1. The predicted octanol–water partition coefficient (Wildman–Crippen LogP) is 5.09. The summed E-state index contributed by atoms with van der Waals surface area (Å²) >= 11 is 3.47. The number of carbonyl (C=O) groups excluding carboxylic acids is 2. The molecule has 1 N–H and O–H groups in total. The zero-order chi connectivity index (χ0) is 23.3. The summed E-state index contributed by atoms with van der Waals surface area (Å²) < 4.78 is 6.82. The van der Waals surface area contributed by atoms with Crippen molar-refractivity contribution in [1.82, 2.24) is 10.2 Å². The summed E-state index contributed by atoms with van der Waals surface area (Å²) in [5.74, 6) is 0.258. The average molecular weight is 489 g/mol. The molecular weight excluding hydrogens is 456 g/mol. The van der Waals surface area contributed by atoms with Crippen LogP contribution in [-0.4, -0.2) is 34.9 Å². The van der Waals surface area contributed by atoms with Crippen LogP contribution >= 0.6 is 15.9 Å². The fraction of sp³-hybridized carbons (Fsp3) is 0.440. The highest BCUT2D eigenvalue weighted by atomic mass is 79.9. The van der Waals surface area contributed by atoms with Crippen molar-refractivity contribution in [3.05, 3.63) is 63.1 Å². The lowest BCUT2D eigenvalue weighted by Gasteiger charge is -2.31. The maximum absolute atomic E-state index is 13.2. The summed E-state index contributed by atoms with van der Waals surface area (Å²) in [4.78, 5) is 27.6. The molecular formula is C25H33BrN2O3. The maximum Gasteiger partial charge on any atom is 0.261 e. The lowest BCUT2D eigenvalue weighted by molar-refractivity contribution is -0.142. The smallest absolute Gasteiger partial charge is 0.261 e. The number of hydrogen-bond donors (Lipinski definition) is 1. The number of carbonyl (C=O) groups is 2. The molecule has 0 aliphatic heterocycles. The molecule has 2 aromatic carbocycles. The van der Waals surface area contributed by atoms with Crippen LogP contribution in [0.15, 0.2) is 40.9 Å². The van der Waals surface area contributed by atoms with Gasteiger partial charge in [0.2, 0.25) is 5.91 Å². The Bertz CT molecular complexity index is 950. The number of hydrogen-bond acceptors (Lipinski definition) is 3. The van der Waals surface area contributed by atoms with Crippen LogP contribution in [0.3, 0.4) is 0 Å². The minimum absolute atomic E-state index is 0.134. The van der Waals surface area contributed by atoms with Gasteiger partial charge in [-0.15, -0.1) is 0 Å². The Morgan fingerprint density at radius 3 is 2.42 bits per heavy atom. The van der Waals surface area contributed by atoms with Crippen LogP contribution in [0.1, 0.15) is 49.9 Å². The van der Waals surface area contributed by atoms with E-state index in [1.165, 1.54) is 0 Å². The largest absolute Gasteiger partial charge is 0.483 e. The summed E-state index contributed by atoms with van der Waals surface area (Å²) in [6.45, 7) is 13.7. The number of nitrogens with zero attached hydrogens (tertiary/aromatic N) is 1. The van der Waals surface area contributed by atoms with Gasteiger partial charge in [-0.25, -0.2) is 0 Å². The molecule has 2 rings (SSSR count). The van der Waals surface area contributed by atoms with E-state index < -0.39 is 6.04 Å². The van der Waals surface area contributed by atoms with Crippen molar-refractivity contribution in [2.75, 3.05) is 6.61 Å². The van der Waals surface area contributed by atoms with Crippen molar-refractivity contribution >= 4 is 27.7 Å². The molecule has 0 saturated heterocycles. The van der Waals surface area contributed by atoms with E-state index in [1.807, 2.05) is 71.9 Å². The first-order valence-electron chi connectivity index (χ1n) is 10.4. The third-order valence-corrected chi connectivity index (χ3v) is 5.52. The van der Waals surface area contributed by atoms with Crippen LogP contribution in [0.5, 0.6) is 5.75 Å². The second kappa shape index (κ2) is 10.3. The number of ether oxygens (including phenoxy) is 1. The standard InChI is InChI=1S/C25H33BrN2O3/c1-16-11-17(2)18(3)22(12-16)31-15-23(29)28(14-20-9-8-10-21(26)13-20)19(4)24(30)27-25(5,6)7/h8-13,19H,14-15H2,1-7H3,(H,27,30)/t19-/m1/s1. The lowest BCUT2D eigenvalue weighted by Crippen LogP contribution is -2.53. The van der Waals surface area contributed by atoms with Crippen molar-refractivity contribution in [2.24, 2.45) is 0 Å². The summed E-state index contributed by atoms with van der Waals surface area (Å²) in [5.41, 5.74) is 3.75. The van der Waals surface area contributed by atoms with Gasteiger partial charge in [-0.2, -0.15) is 0 Å². The van der Waals surface area contributed by atoms with Crippen LogP contribution in [-0.2, 0) is 16.1 Å². The summed E-state index contributed by atoms with van der Waals surface area (Å²) in [6.07, 6.45) is 0.